The highest BCUT2D eigenvalue weighted by molar-refractivity contribution is 8.13. The van der Waals surface area contributed by atoms with E-state index in [1.807, 2.05) is 27.7 Å². The molecule has 27 heavy (non-hydrogen) atoms. The largest absolute Gasteiger partial charge is 0.491 e. The lowest BCUT2D eigenvalue weighted by Gasteiger charge is -2.32. The second-order valence-electron chi connectivity index (χ2n) is 7.32. The van der Waals surface area contributed by atoms with Crippen molar-refractivity contribution in [3.63, 3.8) is 0 Å². The third-order valence-electron chi connectivity index (χ3n) is 4.64. The fourth-order valence-corrected chi connectivity index (χ4v) is 3.47. The van der Waals surface area contributed by atoms with Gasteiger partial charge < -0.3 is 9.31 Å². The van der Waals surface area contributed by atoms with Gasteiger partial charge in [-0.3, -0.25) is 4.79 Å². The predicted octanol–water partition coefficient (Wildman–Crippen LogP) is 2.77. The van der Waals surface area contributed by atoms with E-state index in [2.05, 4.69) is 0 Å². The van der Waals surface area contributed by atoms with Gasteiger partial charge in [0.15, 0.2) is 5.12 Å². The van der Waals surface area contributed by atoms with Crippen molar-refractivity contribution >= 4 is 40.1 Å². The molecule has 1 fully saturated rings. The second-order valence-corrected chi connectivity index (χ2v) is 10.0. The van der Waals surface area contributed by atoms with Gasteiger partial charge in [0.2, 0.25) is 10.0 Å². The van der Waals surface area contributed by atoms with E-state index < -0.39 is 34.2 Å². The molecule has 0 bridgehead atoms. The van der Waals surface area contributed by atoms with E-state index >= 15 is 0 Å². The molecule has 1 saturated heterocycles. The van der Waals surface area contributed by atoms with E-state index in [1.54, 1.807) is 0 Å². The van der Waals surface area contributed by atoms with Crippen LogP contribution < -0.4 is 5.14 Å². The summed E-state index contributed by atoms with van der Waals surface area (Å²) in [6, 6.07) is 3.41. The lowest BCUT2D eigenvalue weighted by Crippen LogP contribution is -2.41. The smallest absolute Gasteiger partial charge is 0.400 e. The van der Waals surface area contributed by atoms with Crippen molar-refractivity contribution in [3.05, 3.63) is 35.1 Å². The molecule has 0 aromatic heterocycles. The van der Waals surface area contributed by atoms with Crippen LogP contribution in [0.3, 0.4) is 0 Å². The van der Waals surface area contributed by atoms with Crippen LogP contribution >= 0.6 is 11.8 Å². The Morgan fingerprint density at radius 1 is 1.26 bits per heavy atom. The van der Waals surface area contributed by atoms with Gasteiger partial charge in [-0.05, 0) is 45.3 Å². The van der Waals surface area contributed by atoms with E-state index in [-0.39, 0.29) is 21.3 Å². The number of halogens is 1. The van der Waals surface area contributed by atoms with Crippen molar-refractivity contribution in [1.82, 2.24) is 0 Å². The molecule has 0 aliphatic carbocycles. The Balaban J connectivity index is 2.41. The van der Waals surface area contributed by atoms with Gasteiger partial charge in [0.05, 0.1) is 16.1 Å². The number of hydrogen-bond acceptors (Lipinski definition) is 6. The van der Waals surface area contributed by atoms with Gasteiger partial charge in [-0.2, -0.15) is 0 Å². The topological polar surface area (TPSA) is 95.7 Å². The Labute approximate surface area is 163 Å². The molecule has 2 rings (SSSR count). The van der Waals surface area contributed by atoms with Crippen molar-refractivity contribution in [3.8, 4) is 0 Å². The van der Waals surface area contributed by atoms with Crippen molar-refractivity contribution in [2.24, 2.45) is 5.14 Å². The highest BCUT2D eigenvalue weighted by atomic mass is 32.2. The zero-order chi connectivity index (χ0) is 20.6. The number of rotatable bonds is 5. The van der Waals surface area contributed by atoms with Gasteiger partial charge in [-0.25, -0.2) is 17.9 Å². The van der Waals surface area contributed by atoms with E-state index in [0.29, 0.717) is 5.47 Å². The summed E-state index contributed by atoms with van der Waals surface area (Å²) in [6.45, 7) is 9.01. The Morgan fingerprint density at radius 3 is 2.26 bits per heavy atom. The molecule has 0 saturated carbocycles. The molecule has 1 aliphatic heterocycles. The number of carbonyl (C=O) groups excluding carboxylic acids is 1. The maximum Gasteiger partial charge on any atom is 0.491 e. The number of nitrogens with two attached hydrogens (primary N) is 1. The number of primary sulfonamides is 1. The molecule has 1 aromatic rings. The summed E-state index contributed by atoms with van der Waals surface area (Å²) in [5.74, 6) is -0.494. The lowest BCUT2D eigenvalue weighted by atomic mass is 9.78. The molecule has 0 spiro atoms. The Morgan fingerprint density at radius 2 is 1.81 bits per heavy atom. The summed E-state index contributed by atoms with van der Waals surface area (Å²) < 4.78 is 49.1. The molecule has 1 heterocycles. The Kier molecular flexibility index (Phi) is 6.28. The molecule has 148 valence electrons. The lowest BCUT2D eigenvalue weighted by molar-refractivity contribution is -0.109. The first-order chi connectivity index (χ1) is 12.2. The highest BCUT2D eigenvalue weighted by Crippen LogP contribution is 2.39. The fourth-order valence-electron chi connectivity index (χ4n) is 2.36. The SMILES string of the molecule is CC(=O)SCC(=Cc1ccc(S(N)(=O)=O)cc1F)B1OC(C)(C)C(C)(C)O1. The minimum Gasteiger partial charge on any atom is -0.400 e. The van der Waals surface area contributed by atoms with Crippen molar-refractivity contribution in [1.29, 1.82) is 0 Å². The zero-order valence-corrected chi connectivity index (χ0v) is 17.5. The maximum absolute atomic E-state index is 14.4. The van der Waals surface area contributed by atoms with Crippen LogP contribution in [0.2, 0.25) is 0 Å². The number of thioether (sulfide) groups is 1. The Bertz CT molecular complexity index is 867. The van der Waals surface area contributed by atoms with Crippen LogP contribution in [0.4, 0.5) is 4.39 Å². The summed E-state index contributed by atoms with van der Waals surface area (Å²) in [6.07, 6.45) is 1.51. The van der Waals surface area contributed by atoms with Crippen LogP contribution in [0, 0.1) is 5.82 Å². The second kappa shape index (κ2) is 7.67. The van der Waals surface area contributed by atoms with Crippen LogP contribution in [0.1, 0.15) is 40.2 Å². The summed E-state index contributed by atoms with van der Waals surface area (Å²) in [7, 11) is -4.75. The molecule has 1 aromatic carbocycles. The molecule has 0 amide bonds. The fraction of sp³-hybridized carbons (Fsp3) is 0.471. The monoisotopic (exact) mass is 415 g/mol. The predicted molar refractivity (Wildman–Crippen MR) is 105 cm³/mol. The van der Waals surface area contributed by atoms with Gasteiger partial charge >= 0.3 is 7.12 Å². The summed E-state index contributed by atoms with van der Waals surface area (Å²) in [5, 5.41) is 4.93. The van der Waals surface area contributed by atoms with E-state index in [4.69, 9.17) is 14.4 Å². The van der Waals surface area contributed by atoms with Crippen LogP contribution in [0.15, 0.2) is 28.6 Å². The first-order valence-corrected chi connectivity index (χ1v) is 10.8. The van der Waals surface area contributed by atoms with Gasteiger partial charge in [-0.1, -0.05) is 23.9 Å². The number of benzene rings is 1. The summed E-state index contributed by atoms with van der Waals surface area (Å²) in [4.78, 5) is 11.1. The minimum atomic E-state index is -4.00. The van der Waals surface area contributed by atoms with Crippen molar-refractivity contribution < 1.29 is 26.9 Å². The van der Waals surface area contributed by atoms with Gasteiger partial charge in [0, 0.05) is 18.2 Å². The molecule has 2 N–H and O–H groups in total. The number of sulfonamides is 1. The van der Waals surface area contributed by atoms with E-state index in [0.717, 1.165) is 17.8 Å². The minimum absolute atomic E-state index is 0.0949. The average Bonchev–Trinajstić information content (AvgIpc) is 2.71. The van der Waals surface area contributed by atoms with Gasteiger partial charge in [0.25, 0.3) is 0 Å². The van der Waals surface area contributed by atoms with Crippen LogP contribution in [0.25, 0.3) is 6.08 Å². The van der Waals surface area contributed by atoms with Crippen LogP contribution in [-0.2, 0) is 24.1 Å². The summed E-state index contributed by atoms with van der Waals surface area (Å²) >= 11 is 1.05. The quantitative estimate of drug-likeness (QED) is 0.743. The van der Waals surface area contributed by atoms with E-state index in [9.17, 15) is 17.6 Å². The van der Waals surface area contributed by atoms with Crippen molar-refractivity contribution in [2.75, 3.05) is 5.75 Å². The highest BCUT2D eigenvalue weighted by Gasteiger charge is 2.52. The molecule has 0 unspecified atom stereocenters. The molecule has 6 nitrogen and oxygen atoms in total. The Hall–Kier alpha value is -1.20. The van der Waals surface area contributed by atoms with Crippen molar-refractivity contribution in [2.45, 2.75) is 50.7 Å². The van der Waals surface area contributed by atoms with Crippen LogP contribution in [0.5, 0.6) is 0 Å². The summed E-state index contributed by atoms with van der Waals surface area (Å²) in [5.41, 5.74) is -0.464. The van der Waals surface area contributed by atoms with E-state index in [1.165, 1.54) is 25.1 Å². The standard InChI is InChI=1S/C17H23BFNO5S2/c1-11(21)26-10-13(18-24-16(2,3)17(4,5)25-18)8-12-6-7-14(9-15(12)19)27(20,22)23/h6-9H,10H2,1-5H3,(H2,20,22,23). The number of carbonyl (C=O) groups is 1. The molecule has 0 atom stereocenters. The zero-order valence-electron chi connectivity index (χ0n) is 15.9. The third kappa shape index (κ3) is 5.20. The first-order valence-electron chi connectivity index (χ1n) is 8.25. The molecule has 10 heteroatoms. The van der Waals surface area contributed by atoms with Gasteiger partial charge in [0.1, 0.15) is 5.82 Å². The normalized spacial score (nSPS) is 19.4. The number of hydrogen-bond donors (Lipinski definition) is 1. The van der Waals surface area contributed by atoms with Gasteiger partial charge in [-0.15, -0.1) is 0 Å². The van der Waals surface area contributed by atoms with Crippen LogP contribution in [-0.4, -0.2) is 37.6 Å². The molecule has 1 aliphatic rings. The molecular weight excluding hydrogens is 392 g/mol. The first kappa shape index (κ1) is 22.1. The molecular formula is C17H23BFNO5S2. The average molecular weight is 415 g/mol. The third-order valence-corrected chi connectivity index (χ3v) is 6.43. The maximum atomic E-state index is 14.4. The molecule has 0 radical (unpaired) electrons.